The maximum absolute atomic E-state index is 12.2. The number of rotatable bonds is 4. The normalized spacial score (nSPS) is 30.1. The number of carbonyl (C=O) groups is 2. The molecule has 6 heteroatoms. The van der Waals surface area contributed by atoms with Crippen LogP contribution in [0.1, 0.15) is 43.1 Å². The van der Waals surface area contributed by atoms with Crippen LogP contribution >= 0.6 is 0 Å². The molecule has 1 aromatic carbocycles. The summed E-state index contributed by atoms with van der Waals surface area (Å²) in [6.45, 7) is 8.56. The van der Waals surface area contributed by atoms with E-state index in [1.807, 2.05) is 12.1 Å². The topological polar surface area (TPSA) is 65.1 Å². The van der Waals surface area contributed by atoms with E-state index in [4.69, 9.17) is 14.2 Å². The van der Waals surface area contributed by atoms with E-state index in [0.29, 0.717) is 12.0 Å². The van der Waals surface area contributed by atoms with Crippen LogP contribution < -0.4 is 0 Å². The van der Waals surface area contributed by atoms with Gasteiger partial charge in [-0.1, -0.05) is 12.1 Å². The molecule has 0 N–H and O–H groups in total. The molecule has 2 saturated heterocycles. The van der Waals surface area contributed by atoms with Gasteiger partial charge in [0, 0.05) is 26.1 Å². The van der Waals surface area contributed by atoms with Gasteiger partial charge in [-0.05, 0) is 38.5 Å². The highest BCUT2D eigenvalue weighted by Crippen LogP contribution is 2.19. The molecule has 0 amide bonds. The van der Waals surface area contributed by atoms with Crippen molar-refractivity contribution in [2.75, 3.05) is 13.1 Å². The number of nitrogens with zero attached hydrogens (tertiary/aromatic N) is 1. The number of ether oxygens (including phenoxy) is 3. The van der Waals surface area contributed by atoms with Gasteiger partial charge in [-0.3, -0.25) is 4.90 Å². The van der Waals surface area contributed by atoms with Gasteiger partial charge in [0.25, 0.3) is 0 Å². The first kappa shape index (κ1) is 17.9. The molecule has 2 aliphatic heterocycles. The minimum Gasteiger partial charge on any atom is -0.460 e. The molecule has 0 aromatic heterocycles. The number of morpholine rings is 1. The lowest BCUT2D eigenvalue weighted by molar-refractivity contribution is -0.147. The number of hydrogen-bond acceptors (Lipinski definition) is 6. The molecule has 2 heterocycles. The summed E-state index contributed by atoms with van der Waals surface area (Å²) in [6, 6.07) is 7.34. The van der Waals surface area contributed by atoms with Crippen LogP contribution in [-0.2, 0) is 25.5 Å². The van der Waals surface area contributed by atoms with Crippen LogP contribution in [0.5, 0.6) is 0 Å². The number of esters is 2. The highest BCUT2D eigenvalue weighted by atomic mass is 16.6. The van der Waals surface area contributed by atoms with Crippen LogP contribution in [0.3, 0.4) is 0 Å². The molecule has 0 aliphatic carbocycles. The van der Waals surface area contributed by atoms with Crippen molar-refractivity contribution in [3.05, 3.63) is 35.4 Å². The summed E-state index contributed by atoms with van der Waals surface area (Å²) in [4.78, 5) is 26.1. The first-order valence-electron chi connectivity index (χ1n) is 8.79. The lowest BCUT2D eigenvalue weighted by atomic mass is 10.1. The van der Waals surface area contributed by atoms with Crippen molar-refractivity contribution in [1.29, 1.82) is 0 Å². The second-order valence-corrected chi connectivity index (χ2v) is 7.03. The largest absolute Gasteiger partial charge is 0.460 e. The molecular formula is C19H25NO5. The molecule has 136 valence electrons. The van der Waals surface area contributed by atoms with Gasteiger partial charge in [0.05, 0.1) is 17.8 Å². The smallest absolute Gasteiger partial charge is 0.347 e. The van der Waals surface area contributed by atoms with Gasteiger partial charge in [-0.25, -0.2) is 9.59 Å². The van der Waals surface area contributed by atoms with Crippen LogP contribution in [0.25, 0.3) is 0 Å². The molecule has 0 bridgehead atoms. The van der Waals surface area contributed by atoms with E-state index >= 15 is 0 Å². The summed E-state index contributed by atoms with van der Waals surface area (Å²) in [7, 11) is 0. The van der Waals surface area contributed by atoms with Crippen molar-refractivity contribution < 1.29 is 23.8 Å². The molecule has 2 aliphatic rings. The van der Waals surface area contributed by atoms with E-state index < -0.39 is 18.0 Å². The average Bonchev–Trinajstić information content (AvgIpc) is 2.84. The van der Waals surface area contributed by atoms with E-state index in [9.17, 15) is 9.59 Å². The summed E-state index contributed by atoms with van der Waals surface area (Å²) in [6.07, 6.45) is -0.127. The van der Waals surface area contributed by atoms with E-state index in [2.05, 4.69) is 18.7 Å². The monoisotopic (exact) mass is 347 g/mol. The zero-order chi connectivity index (χ0) is 18.0. The molecule has 3 rings (SSSR count). The van der Waals surface area contributed by atoms with E-state index in [1.54, 1.807) is 19.1 Å². The van der Waals surface area contributed by atoms with Crippen molar-refractivity contribution in [3.63, 3.8) is 0 Å². The summed E-state index contributed by atoms with van der Waals surface area (Å²) < 4.78 is 16.0. The standard InChI is InChI=1S/C19H25NO5/c1-12-8-17(19(22)24-12)25-18(21)16-6-4-15(5-7-16)11-20-9-13(2)23-14(3)10-20/h4-7,12-14,17H,8-11H2,1-3H3/t12-,13-,14+,17-/m1/s1. The molecule has 0 saturated carbocycles. The zero-order valence-electron chi connectivity index (χ0n) is 14.9. The molecule has 25 heavy (non-hydrogen) atoms. The Balaban J connectivity index is 1.56. The highest BCUT2D eigenvalue weighted by Gasteiger charge is 2.35. The Bertz CT molecular complexity index is 619. The second kappa shape index (κ2) is 7.54. The molecule has 4 atom stereocenters. The summed E-state index contributed by atoms with van der Waals surface area (Å²) >= 11 is 0. The Labute approximate surface area is 148 Å². The van der Waals surface area contributed by atoms with Gasteiger partial charge in [0.1, 0.15) is 6.10 Å². The van der Waals surface area contributed by atoms with Gasteiger partial charge in [0.15, 0.2) is 0 Å². The number of cyclic esters (lactones) is 1. The number of hydrogen-bond donors (Lipinski definition) is 0. The van der Waals surface area contributed by atoms with Gasteiger partial charge in [-0.15, -0.1) is 0 Å². The fourth-order valence-corrected chi connectivity index (χ4v) is 3.43. The zero-order valence-corrected chi connectivity index (χ0v) is 14.9. The third-order valence-corrected chi connectivity index (χ3v) is 4.47. The van der Waals surface area contributed by atoms with E-state index in [1.165, 1.54) is 0 Å². The minimum atomic E-state index is -0.793. The Morgan fingerprint density at radius 2 is 1.76 bits per heavy atom. The van der Waals surface area contributed by atoms with Crippen molar-refractivity contribution in [3.8, 4) is 0 Å². The Morgan fingerprint density at radius 1 is 1.12 bits per heavy atom. The molecule has 0 radical (unpaired) electrons. The van der Waals surface area contributed by atoms with E-state index in [-0.39, 0.29) is 18.3 Å². The van der Waals surface area contributed by atoms with Crippen molar-refractivity contribution in [2.45, 2.75) is 58.2 Å². The quantitative estimate of drug-likeness (QED) is 0.778. The molecule has 0 spiro atoms. The van der Waals surface area contributed by atoms with Crippen LogP contribution in [-0.4, -0.2) is 54.3 Å². The van der Waals surface area contributed by atoms with Gasteiger partial charge in [0.2, 0.25) is 6.10 Å². The molecule has 0 unspecified atom stereocenters. The minimum absolute atomic E-state index is 0.203. The first-order chi connectivity index (χ1) is 11.9. The average molecular weight is 347 g/mol. The molecule has 2 fully saturated rings. The Hall–Kier alpha value is -1.92. The fourth-order valence-electron chi connectivity index (χ4n) is 3.43. The van der Waals surface area contributed by atoms with Gasteiger partial charge < -0.3 is 14.2 Å². The maximum Gasteiger partial charge on any atom is 0.347 e. The second-order valence-electron chi connectivity index (χ2n) is 7.03. The molecule has 1 aromatic rings. The van der Waals surface area contributed by atoms with Crippen molar-refractivity contribution >= 4 is 11.9 Å². The predicted octanol–water partition coefficient (Wildman–Crippen LogP) is 2.16. The number of benzene rings is 1. The number of carbonyl (C=O) groups excluding carboxylic acids is 2. The lowest BCUT2D eigenvalue weighted by Gasteiger charge is -2.35. The van der Waals surface area contributed by atoms with Crippen molar-refractivity contribution in [2.24, 2.45) is 0 Å². The maximum atomic E-state index is 12.2. The molecular weight excluding hydrogens is 322 g/mol. The van der Waals surface area contributed by atoms with Crippen molar-refractivity contribution in [1.82, 2.24) is 4.90 Å². The Morgan fingerprint density at radius 3 is 2.32 bits per heavy atom. The third-order valence-electron chi connectivity index (χ3n) is 4.47. The summed E-state index contributed by atoms with van der Waals surface area (Å²) in [5.74, 6) is -0.954. The summed E-state index contributed by atoms with van der Waals surface area (Å²) in [5, 5.41) is 0. The molecule has 6 nitrogen and oxygen atoms in total. The summed E-state index contributed by atoms with van der Waals surface area (Å²) in [5.41, 5.74) is 1.58. The van der Waals surface area contributed by atoms with Gasteiger partial charge in [-0.2, -0.15) is 0 Å². The van der Waals surface area contributed by atoms with Crippen LogP contribution in [0.2, 0.25) is 0 Å². The fraction of sp³-hybridized carbons (Fsp3) is 0.579. The van der Waals surface area contributed by atoms with Crippen LogP contribution in [0.4, 0.5) is 0 Å². The highest BCUT2D eigenvalue weighted by molar-refractivity contribution is 5.91. The predicted molar refractivity (Wildman–Crippen MR) is 91.1 cm³/mol. The van der Waals surface area contributed by atoms with Gasteiger partial charge >= 0.3 is 11.9 Å². The SMILES string of the molecule is C[C@@H]1C[C@@H](OC(=O)c2ccc(CN3C[C@@H](C)O[C@@H](C)C3)cc2)C(=O)O1. The third kappa shape index (κ3) is 4.58. The Kier molecular flexibility index (Phi) is 5.39. The van der Waals surface area contributed by atoms with Crippen LogP contribution in [0, 0.1) is 0 Å². The first-order valence-corrected chi connectivity index (χ1v) is 8.79. The van der Waals surface area contributed by atoms with E-state index in [0.717, 1.165) is 25.2 Å². The van der Waals surface area contributed by atoms with Crippen LogP contribution in [0.15, 0.2) is 24.3 Å². The lowest BCUT2D eigenvalue weighted by Crippen LogP contribution is -2.44.